The first-order valence-electron chi connectivity index (χ1n) is 9.10. The molecule has 1 aromatic carbocycles. The van der Waals surface area contributed by atoms with E-state index in [1.54, 1.807) is 12.0 Å². The van der Waals surface area contributed by atoms with Gasteiger partial charge in [0.15, 0.2) is 5.11 Å². The van der Waals surface area contributed by atoms with Gasteiger partial charge in [-0.25, -0.2) is 0 Å². The molecule has 0 saturated carbocycles. The minimum Gasteiger partial charge on any atom is -0.383 e. The lowest BCUT2D eigenvalue weighted by atomic mass is 10.0. The third kappa shape index (κ3) is 5.55. The normalized spacial score (nSPS) is 20.6. The molecule has 0 aromatic heterocycles. The smallest absolute Gasteiger partial charge is 0.173 e. The lowest BCUT2D eigenvalue weighted by molar-refractivity contribution is -0.926. The zero-order valence-electron chi connectivity index (χ0n) is 15.8. The fourth-order valence-electron chi connectivity index (χ4n) is 3.43. The number of hydrogen-bond donors (Lipinski definition) is 2. The minimum absolute atomic E-state index is 0.470. The monoisotopic (exact) mass is 384 g/mol. The highest BCUT2D eigenvalue weighted by Crippen LogP contribution is 2.24. The van der Waals surface area contributed by atoms with Crippen LogP contribution in [0.4, 0.5) is 5.69 Å². The largest absolute Gasteiger partial charge is 0.383 e. The Hall–Kier alpha value is -0.880. The van der Waals surface area contributed by atoms with Gasteiger partial charge in [-0.05, 0) is 50.7 Å². The first kappa shape index (κ1) is 20.4. The number of methoxy groups -OCH3 is 1. The van der Waals surface area contributed by atoms with Crippen LogP contribution in [0.5, 0.6) is 0 Å². The molecule has 1 aromatic rings. The molecule has 4 nitrogen and oxygen atoms in total. The van der Waals surface area contributed by atoms with Crippen molar-refractivity contribution in [3.8, 4) is 0 Å². The van der Waals surface area contributed by atoms with Gasteiger partial charge >= 0.3 is 0 Å². The molecule has 1 fully saturated rings. The van der Waals surface area contributed by atoms with E-state index in [1.165, 1.54) is 13.1 Å². The molecule has 1 saturated heterocycles. The van der Waals surface area contributed by atoms with Crippen LogP contribution in [0.15, 0.2) is 18.2 Å². The number of benzene rings is 1. The molecule has 0 aliphatic carbocycles. The molecule has 140 valence electrons. The predicted octanol–water partition coefficient (Wildman–Crippen LogP) is 2.75. The number of rotatable bonds is 6. The minimum atomic E-state index is 0.470. The summed E-state index contributed by atoms with van der Waals surface area (Å²) in [6, 6.07) is 7.03. The average molecular weight is 385 g/mol. The number of quaternary nitrogens is 1. The summed E-state index contributed by atoms with van der Waals surface area (Å²) in [5, 5.41) is 4.92. The van der Waals surface area contributed by atoms with Crippen molar-refractivity contribution in [2.45, 2.75) is 45.7 Å². The highest BCUT2D eigenvalue weighted by molar-refractivity contribution is 7.80. The summed E-state index contributed by atoms with van der Waals surface area (Å²) in [6.07, 6.45) is 2.32. The fraction of sp³-hybridized carbons (Fsp3) is 0.632. The molecular weight excluding hydrogens is 354 g/mol. The number of nitrogens with one attached hydrogen (secondary N) is 2. The second kappa shape index (κ2) is 9.72. The van der Waals surface area contributed by atoms with Crippen LogP contribution in [0.2, 0.25) is 5.02 Å². The zero-order chi connectivity index (χ0) is 18.4. The van der Waals surface area contributed by atoms with Crippen molar-refractivity contribution in [2.24, 2.45) is 0 Å². The van der Waals surface area contributed by atoms with Gasteiger partial charge in [-0.3, -0.25) is 0 Å². The molecule has 0 unspecified atom stereocenters. The molecule has 0 radical (unpaired) electrons. The molecule has 0 atom stereocenters. The van der Waals surface area contributed by atoms with Gasteiger partial charge < -0.3 is 19.9 Å². The van der Waals surface area contributed by atoms with Gasteiger partial charge in [-0.15, -0.1) is 0 Å². The van der Waals surface area contributed by atoms with E-state index in [2.05, 4.69) is 24.1 Å². The Kier molecular flexibility index (Phi) is 7.94. The number of anilines is 1. The summed E-state index contributed by atoms with van der Waals surface area (Å²) in [6.45, 7) is 10.5. The van der Waals surface area contributed by atoms with Gasteiger partial charge in [-0.2, -0.15) is 0 Å². The topological polar surface area (TPSA) is 28.9 Å². The number of piperidine rings is 1. The van der Waals surface area contributed by atoms with E-state index in [-0.39, 0.29) is 0 Å². The quantitative estimate of drug-likeness (QED) is 0.738. The van der Waals surface area contributed by atoms with Crippen molar-refractivity contribution in [2.75, 3.05) is 38.7 Å². The SMILES string of the molecule is COCCN(C(=S)Nc1cccc(Cl)c1C)C1CC[NH+](C(C)C)CC1. The number of ether oxygens (including phenoxy) is 1. The van der Waals surface area contributed by atoms with E-state index < -0.39 is 0 Å². The van der Waals surface area contributed by atoms with Gasteiger partial charge in [0.1, 0.15) is 0 Å². The van der Waals surface area contributed by atoms with Gasteiger partial charge in [0.05, 0.1) is 25.7 Å². The van der Waals surface area contributed by atoms with Crippen LogP contribution in [-0.4, -0.2) is 55.4 Å². The predicted molar refractivity (Wildman–Crippen MR) is 110 cm³/mol. The van der Waals surface area contributed by atoms with Crippen molar-refractivity contribution < 1.29 is 9.64 Å². The maximum atomic E-state index is 6.24. The summed E-state index contributed by atoms with van der Waals surface area (Å²) >= 11 is 12.0. The second-order valence-corrected chi connectivity index (χ2v) is 7.87. The summed E-state index contributed by atoms with van der Waals surface area (Å²) in [5.41, 5.74) is 2.00. The average Bonchev–Trinajstić information content (AvgIpc) is 2.59. The Balaban J connectivity index is 2.06. The number of halogens is 1. The van der Waals surface area contributed by atoms with Crippen LogP contribution in [-0.2, 0) is 4.74 Å². The molecule has 1 aliphatic rings. The molecule has 25 heavy (non-hydrogen) atoms. The maximum Gasteiger partial charge on any atom is 0.173 e. The van der Waals surface area contributed by atoms with Crippen molar-refractivity contribution in [1.29, 1.82) is 0 Å². The highest BCUT2D eigenvalue weighted by Gasteiger charge is 2.29. The Bertz CT molecular complexity index is 574. The van der Waals surface area contributed by atoms with Crippen molar-refractivity contribution in [3.05, 3.63) is 28.8 Å². The summed E-state index contributed by atoms with van der Waals surface area (Å²) in [7, 11) is 1.74. The van der Waals surface area contributed by atoms with Crippen LogP contribution in [0.3, 0.4) is 0 Å². The van der Waals surface area contributed by atoms with E-state index in [0.717, 1.165) is 40.8 Å². The van der Waals surface area contributed by atoms with E-state index in [1.807, 2.05) is 25.1 Å². The highest BCUT2D eigenvalue weighted by atomic mass is 35.5. The van der Waals surface area contributed by atoms with Gasteiger partial charge in [-0.1, -0.05) is 17.7 Å². The molecule has 0 spiro atoms. The number of likely N-dealkylation sites (tertiary alicyclic amines) is 1. The van der Waals surface area contributed by atoms with E-state index in [4.69, 9.17) is 28.6 Å². The van der Waals surface area contributed by atoms with Crippen molar-refractivity contribution in [1.82, 2.24) is 4.90 Å². The maximum absolute atomic E-state index is 6.24. The Morgan fingerprint density at radius 2 is 2.08 bits per heavy atom. The molecule has 6 heteroatoms. The number of nitrogens with zero attached hydrogens (tertiary/aromatic N) is 1. The standard InChI is InChI=1S/C19H30ClN3OS/c1-14(2)22-10-8-16(9-11-22)23(12-13-24-4)19(25)21-18-7-5-6-17(20)15(18)3/h5-7,14,16H,8-13H2,1-4H3,(H,21,25)/p+1. The Labute approximate surface area is 162 Å². The van der Waals surface area contributed by atoms with Crippen LogP contribution in [0.25, 0.3) is 0 Å². The van der Waals surface area contributed by atoms with Gasteiger partial charge in [0.2, 0.25) is 0 Å². The van der Waals surface area contributed by atoms with Crippen molar-refractivity contribution >= 4 is 34.6 Å². The summed E-state index contributed by atoms with van der Waals surface area (Å²) < 4.78 is 5.31. The first-order chi connectivity index (χ1) is 11.9. The molecule has 2 rings (SSSR count). The van der Waals surface area contributed by atoms with Gasteiger partial charge in [0.25, 0.3) is 0 Å². The van der Waals surface area contributed by atoms with E-state index in [0.29, 0.717) is 18.7 Å². The van der Waals surface area contributed by atoms with Crippen LogP contribution >= 0.6 is 23.8 Å². The number of thiocarbonyl (C=S) groups is 1. The lowest BCUT2D eigenvalue weighted by Gasteiger charge is -2.39. The van der Waals surface area contributed by atoms with Crippen LogP contribution < -0.4 is 10.2 Å². The Morgan fingerprint density at radius 3 is 2.68 bits per heavy atom. The van der Waals surface area contributed by atoms with Crippen LogP contribution in [0, 0.1) is 6.92 Å². The zero-order valence-corrected chi connectivity index (χ0v) is 17.3. The molecule has 2 N–H and O–H groups in total. The summed E-state index contributed by atoms with van der Waals surface area (Å²) in [5.74, 6) is 0. The molecule has 1 heterocycles. The second-order valence-electron chi connectivity index (χ2n) is 7.07. The molecule has 0 amide bonds. The van der Waals surface area contributed by atoms with Crippen LogP contribution in [0.1, 0.15) is 32.3 Å². The van der Waals surface area contributed by atoms with E-state index in [9.17, 15) is 0 Å². The Morgan fingerprint density at radius 1 is 1.40 bits per heavy atom. The van der Waals surface area contributed by atoms with Crippen molar-refractivity contribution in [3.63, 3.8) is 0 Å². The first-order valence-corrected chi connectivity index (χ1v) is 9.89. The number of hydrogen-bond acceptors (Lipinski definition) is 2. The third-order valence-electron chi connectivity index (χ3n) is 5.16. The van der Waals surface area contributed by atoms with E-state index >= 15 is 0 Å². The fourth-order valence-corrected chi connectivity index (χ4v) is 3.96. The molecule has 1 aliphatic heterocycles. The molecule has 0 bridgehead atoms. The third-order valence-corrected chi connectivity index (χ3v) is 5.91. The lowest BCUT2D eigenvalue weighted by Crippen LogP contribution is -3.16. The summed E-state index contributed by atoms with van der Waals surface area (Å²) in [4.78, 5) is 3.99. The molecular formula is C19H31ClN3OS+. The van der Waals surface area contributed by atoms with Gasteiger partial charge in [0, 0.05) is 43.2 Å².